The number of hydrogen-bond acceptors (Lipinski definition) is 10. The van der Waals surface area contributed by atoms with Crippen LogP contribution in [0.2, 0.25) is 5.28 Å². The van der Waals surface area contributed by atoms with Crippen molar-refractivity contribution in [2.75, 3.05) is 18.4 Å². The Bertz CT molecular complexity index is 1730. The van der Waals surface area contributed by atoms with Gasteiger partial charge in [0.05, 0.1) is 46.3 Å². The molecule has 2 N–H and O–H groups in total. The number of carbonyl (C=O) groups excluding carboxylic acids is 2. The standard InChI is InChI=1S/C27H26ClN7O4S/c1-26(2,3)39-25(37)35-9-6-14-13(11-35)23(33-24(28)32-14)38-17-10-29-19-15(31-17)4-5-16-18(19)20-21(40-16)22(36)34-27(7-8-27)12-30-20/h4-5,10,30H,6-9,11-12H2,1-3H3,(H,34,36). The lowest BCUT2D eigenvalue weighted by Gasteiger charge is -2.31. The predicted molar refractivity (Wildman–Crippen MR) is 150 cm³/mol. The van der Waals surface area contributed by atoms with Gasteiger partial charge in [0.25, 0.3) is 5.91 Å². The van der Waals surface area contributed by atoms with Crippen molar-refractivity contribution in [2.24, 2.45) is 0 Å². The van der Waals surface area contributed by atoms with Crippen LogP contribution in [-0.4, -0.2) is 61.1 Å². The quantitative estimate of drug-likeness (QED) is 0.313. The maximum atomic E-state index is 13.0. The molecule has 11 nitrogen and oxygen atoms in total. The van der Waals surface area contributed by atoms with Gasteiger partial charge in [0.1, 0.15) is 10.5 Å². The Morgan fingerprint density at radius 2 is 2.02 bits per heavy atom. The summed E-state index contributed by atoms with van der Waals surface area (Å²) in [5, 5.41) is 7.60. The zero-order valence-electron chi connectivity index (χ0n) is 22.1. The third-order valence-corrected chi connectivity index (χ3v) is 8.56. The lowest BCUT2D eigenvalue weighted by molar-refractivity contribution is 0.0221. The molecule has 1 saturated carbocycles. The molecule has 2 aliphatic heterocycles. The van der Waals surface area contributed by atoms with E-state index in [-0.39, 0.29) is 35.0 Å². The molecule has 206 valence electrons. The molecule has 0 saturated heterocycles. The Hall–Kier alpha value is -3.77. The van der Waals surface area contributed by atoms with Gasteiger partial charge < -0.3 is 25.0 Å². The van der Waals surface area contributed by atoms with Crippen LogP contribution in [0.5, 0.6) is 11.8 Å². The van der Waals surface area contributed by atoms with Crippen molar-refractivity contribution in [2.45, 2.75) is 57.7 Å². The Morgan fingerprint density at radius 1 is 1.20 bits per heavy atom. The molecule has 5 heterocycles. The van der Waals surface area contributed by atoms with E-state index in [1.165, 1.54) is 17.5 Å². The Morgan fingerprint density at radius 3 is 2.80 bits per heavy atom. The van der Waals surface area contributed by atoms with Crippen molar-refractivity contribution in [3.8, 4) is 11.8 Å². The average Bonchev–Trinajstić information content (AvgIpc) is 3.57. The number of aromatic nitrogens is 4. The first kappa shape index (κ1) is 25.2. The van der Waals surface area contributed by atoms with E-state index in [1.54, 1.807) is 4.90 Å². The number of nitrogens with zero attached hydrogens (tertiary/aromatic N) is 5. The molecular formula is C27H26ClN7O4S. The van der Waals surface area contributed by atoms with Gasteiger partial charge in [-0.15, -0.1) is 11.3 Å². The van der Waals surface area contributed by atoms with Crippen LogP contribution in [0.25, 0.3) is 21.1 Å². The Labute approximate surface area is 238 Å². The summed E-state index contributed by atoms with van der Waals surface area (Å²) in [6.45, 7) is 6.83. The summed E-state index contributed by atoms with van der Waals surface area (Å²) >= 11 is 7.66. The van der Waals surface area contributed by atoms with E-state index in [4.69, 9.17) is 31.0 Å². The first-order valence-corrected chi connectivity index (χ1v) is 14.3. The van der Waals surface area contributed by atoms with Crippen LogP contribution in [0, 0.1) is 0 Å². The van der Waals surface area contributed by atoms with Gasteiger partial charge in [0, 0.05) is 29.6 Å². The van der Waals surface area contributed by atoms with Crippen LogP contribution >= 0.6 is 22.9 Å². The van der Waals surface area contributed by atoms with Gasteiger partial charge in [-0.25, -0.2) is 19.7 Å². The van der Waals surface area contributed by atoms with Crippen molar-refractivity contribution >= 4 is 61.7 Å². The predicted octanol–water partition coefficient (Wildman–Crippen LogP) is 5.06. The summed E-state index contributed by atoms with van der Waals surface area (Å²) in [4.78, 5) is 46.0. The number of anilines is 1. The summed E-state index contributed by atoms with van der Waals surface area (Å²) in [5.74, 6) is 0.392. The third-order valence-electron chi connectivity index (χ3n) is 7.23. The zero-order chi connectivity index (χ0) is 27.8. The molecule has 0 atom stereocenters. The van der Waals surface area contributed by atoms with Crippen LogP contribution in [0.4, 0.5) is 10.5 Å². The number of benzene rings is 1. The molecule has 7 rings (SSSR count). The Balaban J connectivity index is 1.22. The van der Waals surface area contributed by atoms with Crippen molar-refractivity contribution in [3.63, 3.8) is 0 Å². The highest BCUT2D eigenvalue weighted by Gasteiger charge is 2.46. The maximum Gasteiger partial charge on any atom is 0.410 e. The van der Waals surface area contributed by atoms with Crippen LogP contribution in [-0.2, 0) is 17.7 Å². The number of halogens is 1. The molecule has 2 amide bonds. The van der Waals surface area contributed by atoms with E-state index in [0.717, 1.165) is 28.6 Å². The smallest absolute Gasteiger partial charge is 0.410 e. The van der Waals surface area contributed by atoms with Crippen LogP contribution in [0.1, 0.15) is 54.5 Å². The number of thiophene rings is 1. The van der Waals surface area contributed by atoms with Crippen molar-refractivity contribution in [1.82, 2.24) is 30.2 Å². The fourth-order valence-corrected chi connectivity index (χ4v) is 6.36. The molecule has 13 heteroatoms. The summed E-state index contributed by atoms with van der Waals surface area (Å²) in [6, 6.07) is 3.81. The van der Waals surface area contributed by atoms with E-state index in [2.05, 4.69) is 20.6 Å². The fourth-order valence-electron chi connectivity index (χ4n) is 5.10. The molecule has 0 unspecified atom stereocenters. The van der Waals surface area contributed by atoms with Gasteiger partial charge >= 0.3 is 6.09 Å². The molecule has 4 aromatic rings. The van der Waals surface area contributed by atoms with Crippen LogP contribution < -0.4 is 15.4 Å². The number of fused-ring (bicyclic) bond motifs is 6. The third kappa shape index (κ3) is 4.44. The molecule has 1 aromatic carbocycles. The van der Waals surface area contributed by atoms with Gasteiger partial charge in [0.15, 0.2) is 0 Å². The minimum absolute atomic E-state index is 0.0497. The minimum atomic E-state index is -0.612. The highest BCUT2D eigenvalue weighted by atomic mass is 35.5. The average molecular weight is 580 g/mol. The molecule has 0 bridgehead atoms. The zero-order valence-corrected chi connectivity index (χ0v) is 23.7. The molecule has 1 fully saturated rings. The fraction of sp³-hybridized carbons (Fsp3) is 0.407. The van der Waals surface area contributed by atoms with Crippen LogP contribution in [0.15, 0.2) is 18.3 Å². The van der Waals surface area contributed by atoms with Crippen molar-refractivity contribution in [1.29, 1.82) is 0 Å². The molecule has 3 aliphatic rings. The van der Waals surface area contributed by atoms with Gasteiger partial charge in [-0.2, -0.15) is 4.98 Å². The monoisotopic (exact) mass is 579 g/mol. The number of ether oxygens (including phenoxy) is 2. The van der Waals surface area contributed by atoms with Crippen molar-refractivity contribution < 1.29 is 19.1 Å². The molecule has 40 heavy (non-hydrogen) atoms. The second-order valence-corrected chi connectivity index (χ2v) is 12.8. The lowest BCUT2D eigenvalue weighted by Crippen LogP contribution is -2.40. The second-order valence-electron chi connectivity index (χ2n) is 11.4. The van der Waals surface area contributed by atoms with E-state index >= 15 is 0 Å². The summed E-state index contributed by atoms with van der Waals surface area (Å²) in [5.41, 5.74) is 2.69. The molecule has 1 aliphatic carbocycles. The van der Waals surface area contributed by atoms with Crippen molar-refractivity contribution in [3.05, 3.63) is 39.7 Å². The van der Waals surface area contributed by atoms with E-state index in [0.29, 0.717) is 46.7 Å². The summed E-state index contributed by atoms with van der Waals surface area (Å²) in [6.07, 6.45) is 3.55. The van der Waals surface area contributed by atoms with Gasteiger partial charge in [-0.05, 0) is 57.3 Å². The number of rotatable bonds is 2. The van der Waals surface area contributed by atoms with Gasteiger partial charge in [0.2, 0.25) is 17.0 Å². The molecule has 0 radical (unpaired) electrons. The number of hydrogen-bond donors (Lipinski definition) is 2. The van der Waals surface area contributed by atoms with E-state index in [1.807, 2.05) is 32.9 Å². The highest BCUT2D eigenvalue weighted by molar-refractivity contribution is 7.21. The number of carbonyl (C=O) groups is 2. The SMILES string of the molecule is CC(C)(C)OC(=O)N1CCc2nc(Cl)nc(Oc3cnc4c(ccc5sc6c(c54)NCC4(CC4)NC6=O)n3)c2C1. The van der Waals surface area contributed by atoms with Gasteiger partial charge in [-0.1, -0.05) is 0 Å². The van der Waals surface area contributed by atoms with Gasteiger partial charge in [-0.3, -0.25) is 4.79 Å². The van der Waals surface area contributed by atoms with Crippen LogP contribution in [0.3, 0.4) is 0 Å². The normalized spacial score (nSPS) is 17.6. The highest BCUT2D eigenvalue weighted by Crippen LogP contribution is 2.44. The molecule has 1 spiro atoms. The number of nitrogens with one attached hydrogen (secondary N) is 2. The van der Waals surface area contributed by atoms with E-state index < -0.39 is 11.7 Å². The Kier molecular flexibility index (Phi) is 5.59. The first-order chi connectivity index (χ1) is 19.1. The largest absolute Gasteiger partial charge is 0.444 e. The topological polar surface area (TPSA) is 131 Å². The number of amides is 2. The molecular weight excluding hydrogens is 554 g/mol. The lowest BCUT2D eigenvalue weighted by atomic mass is 10.1. The van der Waals surface area contributed by atoms with E-state index in [9.17, 15) is 9.59 Å². The summed E-state index contributed by atoms with van der Waals surface area (Å²) < 4.78 is 12.6. The summed E-state index contributed by atoms with van der Waals surface area (Å²) in [7, 11) is 0. The minimum Gasteiger partial charge on any atom is -0.444 e. The second kappa shape index (κ2) is 8.87. The maximum absolute atomic E-state index is 13.0. The molecule has 3 aromatic heterocycles. The first-order valence-electron chi connectivity index (χ1n) is 13.1.